The maximum atomic E-state index is 4.25. The molecule has 1 heterocycles. The Balaban J connectivity index is 1.98. The highest BCUT2D eigenvalue weighted by molar-refractivity contribution is 7.98. The standard InChI is InChI=1S/C16H23N3S/c1-4-17-9-14-6-5-7-16(8-14)20-11-15-10-18-12-19(15)13(2)3/h5-8,10,12-13,17H,4,9,11H2,1-3H3. The van der Waals surface area contributed by atoms with E-state index in [2.05, 4.69) is 59.9 Å². The highest BCUT2D eigenvalue weighted by Gasteiger charge is 2.06. The van der Waals surface area contributed by atoms with Gasteiger partial charge in [-0.15, -0.1) is 11.8 Å². The Morgan fingerprint density at radius 2 is 2.20 bits per heavy atom. The van der Waals surface area contributed by atoms with E-state index in [4.69, 9.17) is 0 Å². The first kappa shape index (κ1) is 15.1. The molecule has 0 aliphatic carbocycles. The van der Waals surface area contributed by atoms with E-state index in [1.165, 1.54) is 16.2 Å². The van der Waals surface area contributed by atoms with E-state index in [0.717, 1.165) is 18.8 Å². The van der Waals surface area contributed by atoms with Crippen LogP contribution in [-0.4, -0.2) is 16.1 Å². The molecule has 1 aromatic carbocycles. The first-order valence-corrected chi connectivity index (χ1v) is 8.12. The van der Waals surface area contributed by atoms with Crippen molar-refractivity contribution < 1.29 is 0 Å². The van der Waals surface area contributed by atoms with Crippen LogP contribution in [-0.2, 0) is 12.3 Å². The lowest BCUT2D eigenvalue weighted by Crippen LogP contribution is -2.11. The molecule has 0 saturated heterocycles. The SMILES string of the molecule is CCNCc1cccc(SCc2cncn2C(C)C)c1. The molecule has 0 bridgehead atoms. The number of thioether (sulfide) groups is 1. The van der Waals surface area contributed by atoms with E-state index >= 15 is 0 Å². The largest absolute Gasteiger partial charge is 0.331 e. The lowest BCUT2D eigenvalue weighted by Gasteiger charge is -2.11. The first-order chi connectivity index (χ1) is 9.70. The number of nitrogens with zero attached hydrogens (tertiary/aromatic N) is 2. The van der Waals surface area contributed by atoms with Gasteiger partial charge in [-0.05, 0) is 38.1 Å². The van der Waals surface area contributed by atoms with Gasteiger partial charge >= 0.3 is 0 Å². The molecule has 0 aliphatic heterocycles. The fourth-order valence-corrected chi connectivity index (χ4v) is 3.03. The molecular formula is C16H23N3S. The molecule has 4 heteroatoms. The van der Waals surface area contributed by atoms with Gasteiger partial charge in [0.1, 0.15) is 0 Å². The van der Waals surface area contributed by atoms with Crippen molar-refractivity contribution in [3.8, 4) is 0 Å². The van der Waals surface area contributed by atoms with Crippen LogP contribution in [0.2, 0.25) is 0 Å². The molecule has 0 aliphatic rings. The summed E-state index contributed by atoms with van der Waals surface area (Å²) in [6.07, 6.45) is 3.89. The zero-order valence-electron chi connectivity index (χ0n) is 12.5. The van der Waals surface area contributed by atoms with E-state index < -0.39 is 0 Å². The van der Waals surface area contributed by atoms with E-state index in [1.54, 1.807) is 0 Å². The van der Waals surface area contributed by atoms with Crippen LogP contribution < -0.4 is 5.32 Å². The minimum Gasteiger partial charge on any atom is -0.331 e. The highest BCUT2D eigenvalue weighted by atomic mass is 32.2. The average Bonchev–Trinajstić information content (AvgIpc) is 2.92. The molecule has 0 radical (unpaired) electrons. The van der Waals surface area contributed by atoms with Crippen LogP contribution in [0, 0.1) is 0 Å². The van der Waals surface area contributed by atoms with Crippen molar-refractivity contribution in [3.63, 3.8) is 0 Å². The van der Waals surface area contributed by atoms with Crippen molar-refractivity contribution in [3.05, 3.63) is 48.0 Å². The summed E-state index contributed by atoms with van der Waals surface area (Å²) in [5, 5.41) is 3.36. The van der Waals surface area contributed by atoms with Gasteiger partial charge in [0, 0.05) is 35.1 Å². The van der Waals surface area contributed by atoms with Gasteiger partial charge in [-0.25, -0.2) is 4.98 Å². The van der Waals surface area contributed by atoms with Crippen molar-refractivity contribution in [2.24, 2.45) is 0 Å². The van der Waals surface area contributed by atoms with Crippen LogP contribution in [0.1, 0.15) is 38.1 Å². The first-order valence-electron chi connectivity index (χ1n) is 7.14. The van der Waals surface area contributed by atoms with Gasteiger partial charge in [-0.1, -0.05) is 19.1 Å². The zero-order valence-corrected chi connectivity index (χ0v) is 13.3. The molecule has 2 aromatic rings. The molecule has 3 nitrogen and oxygen atoms in total. The molecule has 20 heavy (non-hydrogen) atoms. The highest BCUT2D eigenvalue weighted by Crippen LogP contribution is 2.24. The fourth-order valence-electron chi connectivity index (χ4n) is 2.08. The summed E-state index contributed by atoms with van der Waals surface area (Å²) < 4.78 is 2.23. The van der Waals surface area contributed by atoms with Crippen LogP contribution in [0.3, 0.4) is 0 Å². The van der Waals surface area contributed by atoms with Crippen LogP contribution in [0.15, 0.2) is 41.7 Å². The lowest BCUT2D eigenvalue weighted by atomic mass is 10.2. The van der Waals surface area contributed by atoms with Gasteiger partial charge in [0.05, 0.1) is 6.33 Å². The van der Waals surface area contributed by atoms with Gasteiger partial charge in [0.2, 0.25) is 0 Å². The predicted molar refractivity (Wildman–Crippen MR) is 86.0 cm³/mol. The number of benzene rings is 1. The molecule has 0 saturated carbocycles. The van der Waals surface area contributed by atoms with Crippen LogP contribution >= 0.6 is 11.8 Å². The van der Waals surface area contributed by atoms with Crippen LogP contribution in [0.5, 0.6) is 0 Å². The summed E-state index contributed by atoms with van der Waals surface area (Å²) >= 11 is 1.87. The Hall–Kier alpha value is -1.26. The minimum absolute atomic E-state index is 0.466. The summed E-state index contributed by atoms with van der Waals surface area (Å²) in [6, 6.07) is 9.22. The van der Waals surface area contributed by atoms with E-state index in [1.807, 2.05) is 24.3 Å². The Kier molecular flexibility index (Phi) is 5.68. The van der Waals surface area contributed by atoms with Crippen molar-refractivity contribution in [2.75, 3.05) is 6.54 Å². The molecule has 0 amide bonds. The van der Waals surface area contributed by atoms with Crippen molar-refractivity contribution in [1.29, 1.82) is 0 Å². The van der Waals surface area contributed by atoms with E-state index in [0.29, 0.717) is 6.04 Å². The Bertz CT molecular complexity index is 534. The lowest BCUT2D eigenvalue weighted by molar-refractivity contribution is 0.584. The number of aromatic nitrogens is 2. The van der Waals surface area contributed by atoms with E-state index in [-0.39, 0.29) is 0 Å². The number of rotatable bonds is 7. The number of hydrogen-bond donors (Lipinski definition) is 1. The third kappa shape index (κ3) is 4.12. The Labute approximate surface area is 125 Å². The van der Waals surface area contributed by atoms with Gasteiger partial charge in [0.15, 0.2) is 0 Å². The molecule has 108 valence electrons. The van der Waals surface area contributed by atoms with Crippen molar-refractivity contribution >= 4 is 11.8 Å². The smallest absolute Gasteiger partial charge is 0.0950 e. The third-order valence-electron chi connectivity index (χ3n) is 3.17. The Morgan fingerprint density at radius 3 is 2.95 bits per heavy atom. The van der Waals surface area contributed by atoms with E-state index in [9.17, 15) is 0 Å². The van der Waals surface area contributed by atoms with Gasteiger partial charge in [-0.2, -0.15) is 0 Å². The molecule has 0 unspecified atom stereocenters. The van der Waals surface area contributed by atoms with Crippen molar-refractivity contribution in [1.82, 2.24) is 14.9 Å². The molecule has 1 N–H and O–H groups in total. The monoisotopic (exact) mass is 289 g/mol. The predicted octanol–water partition coefficient (Wildman–Crippen LogP) is 3.87. The molecule has 0 atom stereocenters. The minimum atomic E-state index is 0.466. The second-order valence-electron chi connectivity index (χ2n) is 5.10. The van der Waals surface area contributed by atoms with Gasteiger partial charge in [0.25, 0.3) is 0 Å². The topological polar surface area (TPSA) is 29.9 Å². The Morgan fingerprint density at radius 1 is 1.35 bits per heavy atom. The molecule has 2 rings (SSSR count). The summed E-state index contributed by atoms with van der Waals surface area (Å²) in [5.74, 6) is 0.961. The van der Waals surface area contributed by atoms with Crippen LogP contribution in [0.25, 0.3) is 0 Å². The van der Waals surface area contributed by atoms with Gasteiger partial charge < -0.3 is 9.88 Å². The number of hydrogen-bond acceptors (Lipinski definition) is 3. The van der Waals surface area contributed by atoms with Gasteiger partial charge in [-0.3, -0.25) is 0 Å². The molecule has 0 fully saturated rings. The summed E-state index contributed by atoms with van der Waals surface area (Å²) in [7, 11) is 0. The number of nitrogens with one attached hydrogen (secondary N) is 1. The molecule has 0 spiro atoms. The second kappa shape index (κ2) is 7.50. The maximum Gasteiger partial charge on any atom is 0.0950 e. The maximum absolute atomic E-state index is 4.25. The fraction of sp³-hybridized carbons (Fsp3) is 0.438. The van der Waals surface area contributed by atoms with Crippen molar-refractivity contribution in [2.45, 2.75) is 44.0 Å². The molecular weight excluding hydrogens is 266 g/mol. The summed E-state index contributed by atoms with van der Waals surface area (Å²) in [4.78, 5) is 5.57. The third-order valence-corrected chi connectivity index (χ3v) is 4.19. The summed E-state index contributed by atoms with van der Waals surface area (Å²) in [5.41, 5.74) is 2.62. The number of imidazole rings is 1. The van der Waals surface area contributed by atoms with Crippen LogP contribution in [0.4, 0.5) is 0 Å². The second-order valence-corrected chi connectivity index (χ2v) is 6.15. The summed E-state index contributed by atoms with van der Waals surface area (Å²) in [6.45, 7) is 8.45. The normalized spacial score (nSPS) is 11.2. The quantitative estimate of drug-likeness (QED) is 0.785. The average molecular weight is 289 g/mol. The zero-order chi connectivity index (χ0) is 14.4. The molecule has 1 aromatic heterocycles.